The first kappa shape index (κ1) is 13.5. The number of halogens is 1. The molecule has 4 rings (SSSR count). The van der Waals surface area contributed by atoms with Crippen molar-refractivity contribution < 1.29 is 4.79 Å². The van der Waals surface area contributed by atoms with Gasteiger partial charge in [0.2, 0.25) is 0 Å². The Morgan fingerprint density at radius 1 is 0.818 bits per heavy atom. The van der Waals surface area contributed by atoms with E-state index in [9.17, 15) is 4.79 Å². The standard InChI is InChI=1S/C19H12INO/c20-16-7-3-1-6-14(16)19(22)12-9-10-18-15(11-12)13-5-2-4-8-17(13)21-18/h1-11,21H. The second-order valence-corrected chi connectivity index (χ2v) is 6.40. The highest BCUT2D eigenvalue weighted by atomic mass is 127. The molecule has 1 N–H and O–H groups in total. The van der Waals surface area contributed by atoms with E-state index in [1.807, 2.05) is 54.6 Å². The Kier molecular flexibility index (Phi) is 3.22. The number of nitrogens with one attached hydrogen (secondary N) is 1. The van der Waals surface area contributed by atoms with Crippen LogP contribution in [0.1, 0.15) is 15.9 Å². The summed E-state index contributed by atoms with van der Waals surface area (Å²) >= 11 is 2.21. The van der Waals surface area contributed by atoms with Gasteiger partial charge in [-0.05, 0) is 59.0 Å². The molecule has 0 atom stereocenters. The van der Waals surface area contributed by atoms with Gasteiger partial charge in [-0.25, -0.2) is 0 Å². The molecule has 0 aliphatic heterocycles. The number of rotatable bonds is 2. The summed E-state index contributed by atoms with van der Waals surface area (Å²) in [6.45, 7) is 0. The first-order valence-electron chi connectivity index (χ1n) is 7.04. The lowest BCUT2D eigenvalue weighted by Gasteiger charge is -2.04. The van der Waals surface area contributed by atoms with E-state index < -0.39 is 0 Å². The molecule has 0 bridgehead atoms. The van der Waals surface area contributed by atoms with Crippen molar-refractivity contribution in [3.8, 4) is 0 Å². The maximum Gasteiger partial charge on any atom is 0.194 e. The van der Waals surface area contributed by atoms with Crippen LogP contribution in [0.25, 0.3) is 21.8 Å². The minimum absolute atomic E-state index is 0.0668. The highest BCUT2D eigenvalue weighted by Crippen LogP contribution is 2.27. The number of H-pyrrole nitrogens is 1. The number of hydrogen-bond donors (Lipinski definition) is 1. The zero-order valence-corrected chi connectivity index (χ0v) is 13.8. The summed E-state index contributed by atoms with van der Waals surface area (Å²) in [7, 11) is 0. The minimum Gasteiger partial charge on any atom is -0.355 e. The fourth-order valence-electron chi connectivity index (χ4n) is 2.79. The SMILES string of the molecule is O=C(c1ccc2[nH]c3ccccc3c2c1)c1ccccc1I. The van der Waals surface area contributed by atoms with Gasteiger partial charge in [-0.15, -0.1) is 0 Å². The number of para-hydroxylation sites is 1. The molecular weight excluding hydrogens is 385 g/mol. The molecule has 2 nitrogen and oxygen atoms in total. The van der Waals surface area contributed by atoms with E-state index in [0.29, 0.717) is 0 Å². The smallest absolute Gasteiger partial charge is 0.194 e. The number of ketones is 1. The van der Waals surface area contributed by atoms with Gasteiger partial charge in [0.15, 0.2) is 5.78 Å². The van der Waals surface area contributed by atoms with E-state index in [-0.39, 0.29) is 5.78 Å². The van der Waals surface area contributed by atoms with Gasteiger partial charge in [0.25, 0.3) is 0 Å². The van der Waals surface area contributed by atoms with Crippen LogP contribution in [-0.2, 0) is 0 Å². The molecule has 0 unspecified atom stereocenters. The monoisotopic (exact) mass is 397 g/mol. The molecule has 1 heterocycles. The average Bonchev–Trinajstić information content (AvgIpc) is 2.92. The number of aromatic nitrogens is 1. The minimum atomic E-state index is 0.0668. The van der Waals surface area contributed by atoms with Crippen molar-refractivity contribution in [1.82, 2.24) is 4.98 Å². The molecule has 22 heavy (non-hydrogen) atoms. The first-order valence-corrected chi connectivity index (χ1v) is 8.11. The van der Waals surface area contributed by atoms with Gasteiger partial charge in [0, 0.05) is 36.5 Å². The molecule has 0 aliphatic carbocycles. The fraction of sp³-hybridized carbons (Fsp3) is 0. The third-order valence-electron chi connectivity index (χ3n) is 3.89. The predicted molar refractivity (Wildman–Crippen MR) is 98.4 cm³/mol. The number of benzene rings is 3. The number of fused-ring (bicyclic) bond motifs is 3. The maximum atomic E-state index is 12.8. The highest BCUT2D eigenvalue weighted by Gasteiger charge is 2.13. The second kappa shape index (κ2) is 5.25. The van der Waals surface area contributed by atoms with Crippen LogP contribution >= 0.6 is 22.6 Å². The van der Waals surface area contributed by atoms with Crippen LogP contribution in [0, 0.1) is 3.57 Å². The second-order valence-electron chi connectivity index (χ2n) is 5.24. The van der Waals surface area contributed by atoms with Crippen LogP contribution in [0.5, 0.6) is 0 Å². The quantitative estimate of drug-likeness (QED) is 0.368. The van der Waals surface area contributed by atoms with E-state index in [4.69, 9.17) is 0 Å². The molecule has 0 saturated carbocycles. The van der Waals surface area contributed by atoms with Crippen LogP contribution in [0.4, 0.5) is 0 Å². The zero-order chi connectivity index (χ0) is 15.1. The summed E-state index contributed by atoms with van der Waals surface area (Å²) in [5.41, 5.74) is 3.63. The molecular formula is C19H12INO. The Hall–Kier alpha value is -2.14. The molecule has 0 radical (unpaired) electrons. The van der Waals surface area contributed by atoms with Gasteiger partial charge in [0.05, 0.1) is 0 Å². The Balaban J connectivity index is 1.91. The largest absolute Gasteiger partial charge is 0.355 e. The summed E-state index contributed by atoms with van der Waals surface area (Å²) in [5.74, 6) is 0.0668. The third-order valence-corrected chi connectivity index (χ3v) is 4.83. The average molecular weight is 397 g/mol. The van der Waals surface area contributed by atoms with Crippen molar-refractivity contribution in [2.24, 2.45) is 0 Å². The van der Waals surface area contributed by atoms with Gasteiger partial charge >= 0.3 is 0 Å². The lowest BCUT2D eigenvalue weighted by atomic mass is 10.0. The number of aromatic amines is 1. The summed E-state index contributed by atoms with van der Waals surface area (Å²) in [4.78, 5) is 16.1. The van der Waals surface area contributed by atoms with Crippen molar-refractivity contribution in [3.05, 3.63) is 81.4 Å². The molecule has 4 aromatic rings. The Bertz CT molecular complexity index is 1020. The highest BCUT2D eigenvalue weighted by molar-refractivity contribution is 14.1. The van der Waals surface area contributed by atoms with Crippen LogP contribution in [0.3, 0.4) is 0 Å². The van der Waals surface area contributed by atoms with Gasteiger partial charge in [0.1, 0.15) is 0 Å². The number of carbonyl (C=O) groups excluding carboxylic acids is 1. The lowest BCUT2D eigenvalue weighted by Crippen LogP contribution is -2.03. The molecule has 106 valence electrons. The van der Waals surface area contributed by atoms with Crippen molar-refractivity contribution in [2.45, 2.75) is 0 Å². The van der Waals surface area contributed by atoms with E-state index in [1.54, 1.807) is 0 Å². The van der Waals surface area contributed by atoms with Crippen molar-refractivity contribution in [1.29, 1.82) is 0 Å². The van der Waals surface area contributed by atoms with Crippen molar-refractivity contribution in [2.75, 3.05) is 0 Å². The molecule has 1 aromatic heterocycles. The van der Waals surface area contributed by atoms with Crippen molar-refractivity contribution in [3.63, 3.8) is 0 Å². The van der Waals surface area contributed by atoms with Crippen LogP contribution in [0.15, 0.2) is 66.7 Å². The molecule has 0 spiro atoms. The molecule has 3 heteroatoms. The summed E-state index contributed by atoms with van der Waals surface area (Å²) in [5, 5.41) is 2.24. The summed E-state index contributed by atoms with van der Waals surface area (Å²) in [6.07, 6.45) is 0. The Morgan fingerprint density at radius 3 is 2.41 bits per heavy atom. The zero-order valence-electron chi connectivity index (χ0n) is 11.6. The van der Waals surface area contributed by atoms with Crippen LogP contribution < -0.4 is 0 Å². The topological polar surface area (TPSA) is 32.9 Å². The van der Waals surface area contributed by atoms with Gasteiger partial charge in [-0.1, -0.05) is 30.3 Å². The maximum absolute atomic E-state index is 12.8. The van der Waals surface area contributed by atoms with E-state index in [1.165, 1.54) is 0 Å². The van der Waals surface area contributed by atoms with E-state index >= 15 is 0 Å². The van der Waals surface area contributed by atoms with E-state index in [2.05, 4.69) is 39.7 Å². The predicted octanol–water partition coefficient (Wildman–Crippen LogP) is 5.16. The first-order chi connectivity index (χ1) is 10.7. The molecule has 0 aliphatic rings. The van der Waals surface area contributed by atoms with Crippen molar-refractivity contribution >= 4 is 50.2 Å². The third kappa shape index (κ3) is 2.13. The van der Waals surface area contributed by atoms with Gasteiger partial charge in [-0.3, -0.25) is 4.79 Å². The molecule has 0 saturated heterocycles. The molecule has 3 aromatic carbocycles. The Morgan fingerprint density at radius 2 is 1.55 bits per heavy atom. The normalized spacial score (nSPS) is 11.1. The Labute approximate surface area is 141 Å². The van der Waals surface area contributed by atoms with Gasteiger partial charge in [-0.2, -0.15) is 0 Å². The molecule has 0 amide bonds. The summed E-state index contributed by atoms with van der Waals surface area (Å²) in [6, 6.07) is 21.7. The van der Waals surface area contributed by atoms with E-state index in [0.717, 1.165) is 36.5 Å². The fourth-order valence-corrected chi connectivity index (χ4v) is 3.42. The molecule has 0 fully saturated rings. The van der Waals surface area contributed by atoms with Crippen LogP contribution in [-0.4, -0.2) is 10.8 Å². The van der Waals surface area contributed by atoms with Crippen LogP contribution in [0.2, 0.25) is 0 Å². The number of hydrogen-bond acceptors (Lipinski definition) is 1. The van der Waals surface area contributed by atoms with Gasteiger partial charge < -0.3 is 4.98 Å². The number of carbonyl (C=O) groups is 1. The summed E-state index contributed by atoms with van der Waals surface area (Å²) < 4.78 is 0.976. The lowest BCUT2D eigenvalue weighted by molar-refractivity contribution is 0.103.